The lowest BCUT2D eigenvalue weighted by Crippen LogP contribution is -2.13. The molecule has 3 aromatic rings. The minimum absolute atomic E-state index is 0.00855. The average Bonchev–Trinajstić information content (AvgIpc) is 3.04. The molecule has 0 saturated heterocycles. The molecule has 0 aliphatic carbocycles. The lowest BCUT2D eigenvalue weighted by molar-refractivity contribution is -0.384. The summed E-state index contributed by atoms with van der Waals surface area (Å²) in [6.45, 7) is 0.00855. The van der Waals surface area contributed by atoms with E-state index in [9.17, 15) is 23.3 Å². The van der Waals surface area contributed by atoms with E-state index in [1.807, 2.05) is 0 Å². The largest absolute Gasteiger partial charge is 0.465 e. The first-order valence-corrected chi connectivity index (χ1v) is 10.1. The first-order chi connectivity index (χ1) is 14.2. The van der Waals surface area contributed by atoms with E-state index in [0.717, 1.165) is 18.2 Å². The molecule has 0 fully saturated rings. The zero-order chi connectivity index (χ0) is 22.1. The number of hydrogen-bond donors (Lipinski definition) is 1. The molecule has 30 heavy (non-hydrogen) atoms. The molecule has 0 unspecified atom stereocenters. The van der Waals surface area contributed by atoms with Gasteiger partial charge in [-0.25, -0.2) is 13.2 Å². The maximum atomic E-state index is 12.7. The quantitative estimate of drug-likeness (QED) is 0.323. The molecule has 1 N–H and O–H groups in total. The maximum absolute atomic E-state index is 12.7. The van der Waals surface area contributed by atoms with E-state index in [0.29, 0.717) is 11.0 Å². The van der Waals surface area contributed by atoms with Crippen LogP contribution in [0.5, 0.6) is 0 Å². The number of hydrogen-bond acceptors (Lipinski definition) is 8. The number of sulfonamides is 1. The summed E-state index contributed by atoms with van der Waals surface area (Å²) >= 11 is 5.73. The lowest BCUT2D eigenvalue weighted by Gasteiger charge is -2.09. The van der Waals surface area contributed by atoms with Crippen LogP contribution in [0, 0.1) is 10.1 Å². The highest BCUT2D eigenvalue weighted by Gasteiger charge is 2.24. The number of anilines is 1. The molecule has 0 bridgehead atoms. The standard InChI is InChI=1S/C18H15ClN2O8S/c1-27-9-16-17(18(22)28-2)12-7-10(3-6-15(12)29-16)20-30(25,26)11-4-5-13(19)14(8-11)21(23)24/h3-8,20H,9H2,1-2H3. The minimum Gasteiger partial charge on any atom is -0.465 e. The summed E-state index contributed by atoms with van der Waals surface area (Å²) in [6, 6.07) is 7.42. The van der Waals surface area contributed by atoms with Crippen molar-refractivity contribution in [3.8, 4) is 0 Å². The van der Waals surface area contributed by atoms with Gasteiger partial charge in [0, 0.05) is 24.2 Å². The lowest BCUT2D eigenvalue weighted by atomic mass is 10.1. The molecule has 12 heteroatoms. The number of carbonyl (C=O) groups is 1. The van der Waals surface area contributed by atoms with Crippen LogP contribution in [-0.4, -0.2) is 33.5 Å². The van der Waals surface area contributed by atoms with Crippen molar-refractivity contribution in [2.75, 3.05) is 18.9 Å². The number of nitrogens with one attached hydrogen (secondary N) is 1. The van der Waals surface area contributed by atoms with Crippen LogP contribution >= 0.6 is 11.6 Å². The Morgan fingerprint density at radius 3 is 2.60 bits per heavy atom. The van der Waals surface area contributed by atoms with Crippen molar-refractivity contribution >= 4 is 49.9 Å². The first kappa shape index (κ1) is 21.6. The molecule has 1 aromatic heterocycles. The Morgan fingerprint density at radius 2 is 1.97 bits per heavy atom. The Labute approximate surface area is 175 Å². The second kappa shape index (κ2) is 8.30. The predicted molar refractivity (Wildman–Crippen MR) is 107 cm³/mol. The van der Waals surface area contributed by atoms with Gasteiger partial charge in [0.15, 0.2) is 0 Å². The van der Waals surface area contributed by atoms with Crippen LogP contribution in [0.4, 0.5) is 11.4 Å². The summed E-state index contributed by atoms with van der Waals surface area (Å²) in [5, 5.41) is 11.2. The highest BCUT2D eigenvalue weighted by molar-refractivity contribution is 7.92. The number of furan rings is 1. The fourth-order valence-corrected chi connectivity index (χ4v) is 4.04. The van der Waals surface area contributed by atoms with Crippen molar-refractivity contribution in [2.45, 2.75) is 11.5 Å². The van der Waals surface area contributed by atoms with Crippen molar-refractivity contribution in [1.82, 2.24) is 0 Å². The van der Waals surface area contributed by atoms with Gasteiger partial charge in [0.1, 0.15) is 28.5 Å². The number of carbonyl (C=O) groups excluding carboxylic acids is 1. The monoisotopic (exact) mass is 454 g/mol. The fraction of sp³-hybridized carbons (Fsp3) is 0.167. The Kier molecular flexibility index (Phi) is 5.97. The number of esters is 1. The zero-order valence-corrected chi connectivity index (χ0v) is 17.2. The number of benzene rings is 2. The van der Waals surface area contributed by atoms with Gasteiger partial charge in [0.25, 0.3) is 15.7 Å². The van der Waals surface area contributed by atoms with E-state index in [1.54, 1.807) is 0 Å². The van der Waals surface area contributed by atoms with Crippen LogP contribution in [-0.2, 0) is 26.1 Å². The molecule has 0 radical (unpaired) electrons. The van der Waals surface area contributed by atoms with Gasteiger partial charge in [0.05, 0.1) is 16.9 Å². The van der Waals surface area contributed by atoms with Gasteiger partial charge in [-0.3, -0.25) is 14.8 Å². The molecular weight excluding hydrogens is 440 g/mol. The number of nitrogens with zero attached hydrogens (tertiary/aromatic N) is 1. The Morgan fingerprint density at radius 1 is 1.23 bits per heavy atom. The molecule has 0 saturated carbocycles. The van der Waals surface area contributed by atoms with E-state index < -0.39 is 26.6 Å². The predicted octanol–water partition coefficient (Wildman–Crippen LogP) is 3.73. The van der Waals surface area contributed by atoms with Crippen LogP contribution in [0.15, 0.2) is 45.7 Å². The summed E-state index contributed by atoms with van der Waals surface area (Å²) in [5.74, 6) is -0.443. The number of halogens is 1. The van der Waals surface area contributed by atoms with Crippen LogP contribution < -0.4 is 4.72 Å². The number of ether oxygens (including phenoxy) is 2. The van der Waals surface area contributed by atoms with Crippen LogP contribution in [0.1, 0.15) is 16.1 Å². The van der Waals surface area contributed by atoms with Crippen molar-refractivity contribution < 1.29 is 32.0 Å². The van der Waals surface area contributed by atoms with Gasteiger partial charge in [-0.1, -0.05) is 11.6 Å². The van der Waals surface area contributed by atoms with Gasteiger partial charge >= 0.3 is 5.97 Å². The SMILES string of the molecule is COCc1oc2ccc(NS(=O)(=O)c3ccc(Cl)c([N+](=O)[O-])c3)cc2c1C(=O)OC. The molecule has 0 aliphatic heterocycles. The van der Waals surface area contributed by atoms with Crippen LogP contribution in [0.3, 0.4) is 0 Å². The summed E-state index contributed by atoms with van der Waals surface area (Å²) in [6.07, 6.45) is 0. The number of nitro benzene ring substituents is 1. The zero-order valence-electron chi connectivity index (χ0n) is 15.7. The summed E-state index contributed by atoms with van der Waals surface area (Å²) in [4.78, 5) is 22.1. The van der Waals surface area contributed by atoms with Crippen molar-refractivity contribution in [2.24, 2.45) is 0 Å². The van der Waals surface area contributed by atoms with Gasteiger partial charge in [-0.05, 0) is 30.3 Å². The number of rotatable bonds is 7. The molecule has 1 heterocycles. The highest BCUT2D eigenvalue weighted by atomic mass is 35.5. The van der Waals surface area contributed by atoms with Gasteiger partial charge in [-0.15, -0.1) is 0 Å². The minimum atomic E-state index is -4.18. The Balaban J connectivity index is 2.04. The van der Waals surface area contributed by atoms with Crippen LogP contribution in [0.25, 0.3) is 11.0 Å². The second-order valence-electron chi connectivity index (χ2n) is 6.01. The van der Waals surface area contributed by atoms with E-state index in [2.05, 4.69) is 4.72 Å². The van der Waals surface area contributed by atoms with E-state index in [-0.39, 0.29) is 33.5 Å². The highest BCUT2D eigenvalue weighted by Crippen LogP contribution is 2.32. The van der Waals surface area contributed by atoms with Gasteiger partial charge < -0.3 is 13.9 Å². The smallest absolute Gasteiger partial charge is 0.342 e. The number of fused-ring (bicyclic) bond motifs is 1. The average molecular weight is 455 g/mol. The molecule has 3 rings (SSSR count). The van der Waals surface area contributed by atoms with Crippen molar-refractivity contribution in [1.29, 1.82) is 0 Å². The molecule has 0 spiro atoms. The van der Waals surface area contributed by atoms with Gasteiger partial charge in [0.2, 0.25) is 0 Å². The third kappa shape index (κ3) is 4.08. The molecule has 10 nitrogen and oxygen atoms in total. The van der Waals surface area contributed by atoms with E-state index >= 15 is 0 Å². The Hall–Kier alpha value is -3.15. The molecular formula is C18H15ClN2O8S. The summed E-state index contributed by atoms with van der Waals surface area (Å²) in [7, 11) is -1.55. The molecule has 158 valence electrons. The normalized spacial score (nSPS) is 11.4. The fourth-order valence-electron chi connectivity index (χ4n) is 2.78. The molecule has 0 amide bonds. The maximum Gasteiger partial charge on any atom is 0.342 e. The van der Waals surface area contributed by atoms with E-state index in [4.69, 9.17) is 25.5 Å². The third-order valence-corrected chi connectivity index (χ3v) is 5.80. The van der Waals surface area contributed by atoms with Gasteiger partial charge in [-0.2, -0.15) is 0 Å². The molecule has 0 aliphatic rings. The molecule has 0 atom stereocenters. The summed E-state index contributed by atoms with van der Waals surface area (Å²) < 4.78 is 43.1. The third-order valence-electron chi connectivity index (χ3n) is 4.10. The van der Waals surface area contributed by atoms with Crippen LogP contribution in [0.2, 0.25) is 5.02 Å². The second-order valence-corrected chi connectivity index (χ2v) is 8.10. The van der Waals surface area contributed by atoms with E-state index in [1.165, 1.54) is 32.4 Å². The number of methoxy groups -OCH3 is 2. The van der Waals surface area contributed by atoms with Crippen molar-refractivity contribution in [3.63, 3.8) is 0 Å². The Bertz CT molecular complexity index is 1250. The molecule has 2 aromatic carbocycles. The van der Waals surface area contributed by atoms with Crippen molar-refractivity contribution in [3.05, 3.63) is 62.9 Å². The topological polar surface area (TPSA) is 138 Å². The number of nitro groups is 1. The summed E-state index contributed by atoms with van der Waals surface area (Å²) in [5.41, 5.74) is 0.00194. The first-order valence-electron chi connectivity index (χ1n) is 8.27.